The number of hydrogen-bond acceptors (Lipinski definition) is 1. The molecule has 19 heavy (non-hydrogen) atoms. The number of halogens is 1. The molecular formula is C17H15ClO. The number of benzene rings is 2. The van der Waals surface area contributed by atoms with Crippen molar-refractivity contribution in [3.05, 3.63) is 65.2 Å². The van der Waals surface area contributed by atoms with Gasteiger partial charge in [-0.25, -0.2) is 0 Å². The van der Waals surface area contributed by atoms with Crippen molar-refractivity contribution in [3.63, 3.8) is 0 Å². The van der Waals surface area contributed by atoms with Crippen molar-refractivity contribution in [2.45, 2.75) is 13.5 Å². The minimum absolute atomic E-state index is 0.353. The van der Waals surface area contributed by atoms with E-state index in [2.05, 4.69) is 37.0 Å². The Bertz CT molecular complexity index is 591. The second kappa shape index (κ2) is 6.87. The van der Waals surface area contributed by atoms with Crippen LogP contribution < -0.4 is 4.74 Å². The molecule has 0 heterocycles. The second-order valence-electron chi connectivity index (χ2n) is 4.24. The summed E-state index contributed by atoms with van der Waals surface area (Å²) in [5.41, 5.74) is 3.36. The number of alkyl halides is 1. The fourth-order valence-electron chi connectivity index (χ4n) is 1.74. The second-order valence-corrected chi connectivity index (χ2v) is 4.50. The molecule has 0 aliphatic heterocycles. The Hall–Kier alpha value is -1.91. The Labute approximate surface area is 119 Å². The number of ether oxygens (including phenoxy) is 1. The molecule has 0 aromatic heterocycles. The summed E-state index contributed by atoms with van der Waals surface area (Å²) in [6.07, 6.45) is 0. The summed E-state index contributed by atoms with van der Waals surface area (Å²) < 4.78 is 5.73. The first kappa shape index (κ1) is 13.5. The van der Waals surface area contributed by atoms with E-state index in [1.54, 1.807) is 0 Å². The topological polar surface area (TPSA) is 9.23 Å². The molecule has 1 nitrogen and oxygen atoms in total. The summed E-state index contributed by atoms with van der Waals surface area (Å²) in [4.78, 5) is 0. The van der Waals surface area contributed by atoms with Gasteiger partial charge in [-0.05, 0) is 36.8 Å². The molecule has 0 aliphatic rings. The van der Waals surface area contributed by atoms with Gasteiger partial charge < -0.3 is 4.74 Å². The molecular weight excluding hydrogens is 256 g/mol. The number of hydrogen-bond donors (Lipinski definition) is 0. The van der Waals surface area contributed by atoms with Crippen molar-refractivity contribution in [2.75, 3.05) is 5.88 Å². The summed E-state index contributed by atoms with van der Waals surface area (Å²) >= 11 is 5.51. The molecule has 2 aromatic carbocycles. The highest BCUT2D eigenvalue weighted by molar-refractivity contribution is 6.19. The van der Waals surface area contributed by atoms with E-state index in [1.807, 2.05) is 30.3 Å². The van der Waals surface area contributed by atoms with Crippen molar-refractivity contribution in [3.8, 4) is 17.6 Å². The third-order valence-corrected chi connectivity index (χ3v) is 2.78. The molecule has 96 valence electrons. The monoisotopic (exact) mass is 270 g/mol. The first-order valence-corrected chi connectivity index (χ1v) is 6.64. The van der Waals surface area contributed by atoms with E-state index >= 15 is 0 Å². The Morgan fingerprint density at radius 2 is 1.89 bits per heavy atom. The minimum Gasteiger partial charge on any atom is -0.489 e. The molecule has 0 unspecified atom stereocenters. The van der Waals surface area contributed by atoms with E-state index in [1.165, 1.54) is 11.1 Å². The van der Waals surface area contributed by atoms with Crippen LogP contribution in [0.5, 0.6) is 5.75 Å². The van der Waals surface area contributed by atoms with Crippen LogP contribution in [-0.4, -0.2) is 5.88 Å². The highest BCUT2D eigenvalue weighted by atomic mass is 35.5. The third kappa shape index (κ3) is 4.35. The van der Waals surface area contributed by atoms with Crippen molar-refractivity contribution in [1.29, 1.82) is 0 Å². The molecule has 0 bridgehead atoms. The van der Waals surface area contributed by atoms with Crippen molar-refractivity contribution < 1.29 is 4.74 Å². The first-order chi connectivity index (χ1) is 9.28. The maximum Gasteiger partial charge on any atom is 0.119 e. The average molecular weight is 271 g/mol. The van der Waals surface area contributed by atoms with Crippen LogP contribution in [0.1, 0.15) is 16.7 Å². The molecule has 0 N–H and O–H groups in total. The largest absolute Gasteiger partial charge is 0.489 e. The lowest BCUT2D eigenvalue weighted by Gasteiger charge is -2.06. The fourth-order valence-corrected chi connectivity index (χ4v) is 1.81. The zero-order chi connectivity index (χ0) is 13.5. The Morgan fingerprint density at radius 3 is 2.58 bits per heavy atom. The van der Waals surface area contributed by atoms with Gasteiger partial charge in [0.05, 0.1) is 5.88 Å². The summed E-state index contributed by atoms with van der Waals surface area (Å²) in [5, 5.41) is 0. The normalized spacial score (nSPS) is 9.58. The minimum atomic E-state index is 0.353. The van der Waals surface area contributed by atoms with Crippen LogP contribution in [0.4, 0.5) is 0 Å². The van der Waals surface area contributed by atoms with Gasteiger partial charge in [0.15, 0.2) is 0 Å². The van der Waals surface area contributed by atoms with Gasteiger partial charge in [-0.1, -0.05) is 41.7 Å². The smallest absolute Gasteiger partial charge is 0.119 e. The molecule has 2 rings (SSSR count). The third-order valence-electron chi connectivity index (χ3n) is 2.64. The van der Waals surface area contributed by atoms with Gasteiger partial charge in [-0.15, -0.1) is 11.6 Å². The molecule has 0 amide bonds. The standard InChI is InChI=1S/C17H15ClO/c1-14-4-2-5-16(12-14)13-19-17-9-7-15(8-10-17)6-3-11-18/h2,4-5,7-10,12H,11,13H2,1H3. The molecule has 2 heteroatoms. The van der Waals surface area contributed by atoms with Gasteiger partial charge in [-0.2, -0.15) is 0 Å². The summed E-state index contributed by atoms with van der Waals surface area (Å²) in [5.74, 6) is 6.99. The fraction of sp³-hybridized carbons (Fsp3) is 0.176. The predicted molar refractivity (Wildman–Crippen MR) is 79.6 cm³/mol. The van der Waals surface area contributed by atoms with E-state index in [0.717, 1.165) is 11.3 Å². The quantitative estimate of drug-likeness (QED) is 0.601. The van der Waals surface area contributed by atoms with Crippen LogP contribution in [0.3, 0.4) is 0 Å². The molecule has 0 radical (unpaired) electrons. The Morgan fingerprint density at radius 1 is 1.11 bits per heavy atom. The number of rotatable bonds is 3. The van der Waals surface area contributed by atoms with Crippen LogP contribution in [0.25, 0.3) is 0 Å². The molecule has 0 fully saturated rings. The zero-order valence-electron chi connectivity index (χ0n) is 10.8. The van der Waals surface area contributed by atoms with Crippen LogP contribution >= 0.6 is 11.6 Å². The summed E-state index contributed by atoms with van der Waals surface area (Å²) in [6.45, 7) is 2.65. The van der Waals surface area contributed by atoms with Gasteiger partial charge in [0.2, 0.25) is 0 Å². The van der Waals surface area contributed by atoms with Crippen molar-refractivity contribution in [2.24, 2.45) is 0 Å². The van der Waals surface area contributed by atoms with Crippen LogP contribution in [-0.2, 0) is 6.61 Å². The van der Waals surface area contributed by atoms with Crippen molar-refractivity contribution >= 4 is 11.6 Å². The lowest BCUT2D eigenvalue weighted by atomic mass is 10.1. The van der Waals surface area contributed by atoms with Crippen LogP contribution in [0.15, 0.2) is 48.5 Å². The van der Waals surface area contributed by atoms with E-state index in [-0.39, 0.29) is 0 Å². The number of aryl methyl sites for hydroxylation is 1. The molecule has 0 saturated carbocycles. The first-order valence-electron chi connectivity index (χ1n) is 6.11. The zero-order valence-corrected chi connectivity index (χ0v) is 11.6. The van der Waals surface area contributed by atoms with Crippen LogP contribution in [0, 0.1) is 18.8 Å². The lowest BCUT2D eigenvalue weighted by molar-refractivity contribution is 0.306. The molecule has 2 aromatic rings. The van der Waals surface area contributed by atoms with E-state index in [9.17, 15) is 0 Å². The maximum atomic E-state index is 5.73. The predicted octanol–water partition coefficient (Wildman–Crippen LogP) is 4.16. The molecule has 0 atom stereocenters. The van der Waals surface area contributed by atoms with Crippen LogP contribution in [0.2, 0.25) is 0 Å². The van der Waals surface area contributed by atoms with E-state index in [4.69, 9.17) is 16.3 Å². The molecule has 0 aliphatic carbocycles. The lowest BCUT2D eigenvalue weighted by Crippen LogP contribution is -1.95. The van der Waals surface area contributed by atoms with E-state index < -0.39 is 0 Å². The maximum absolute atomic E-state index is 5.73. The Balaban J connectivity index is 1.96. The van der Waals surface area contributed by atoms with Gasteiger partial charge in [0.1, 0.15) is 12.4 Å². The SMILES string of the molecule is Cc1cccc(COc2ccc(C#CCCl)cc2)c1. The Kier molecular flexibility index (Phi) is 4.89. The average Bonchev–Trinajstić information content (AvgIpc) is 2.44. The van der Waals surface area contributed by atoms with Crippen molar-refractivity contribution in [1.82, 2.24) is 0 Å². The summed E-state index contributed by atoms with van der Waals surface area (Å²) in [6, 6.07) is 16.0. The highest BCUT2D eigenvalue weighted by Gasteiger charge is 1.96. The molecule has 0 saturated heterocycles. The molecule has 0 spiro atoms. The van der Waals surface area contributed by atoms with Gasteiger partial charge >= 0.3 is 0 Å². The van der Waals surface area contributed by atoms with Gasteiger partial charge in [-0.3, -0.25) is 0 Å². The van der Waals surface area contributed by atoms with E-state index in [0.29, 0.717) is 12.5 Å². The van der Waals surface area contributed by atoms with Gasteiger partial charge in [0, 0.05) is 5.56 Å². The highest BCUT2D eigenvalue weighted by Crippen LogP contribution is 2.14. The summed E-state index contributed by atoms with van der Waals surface area (Å²) in [7, 11) is 0. The van der Waals surface area contributed by atoms with Gasteiger partial charge in [0.25, 0.3) is 0 Å².